The first-order valence-corrected chi connectivity index (χ1v) is 11.1. The number of fused-ring (bicyclic) bond motifs is 1. The highest BCUT2D eigenvalue weighted by molar-refractivity contribution is 5.77. The predicted molar refractivity (Wildman–Crippen MR) is 117 cm³/mol. The van der Waals surface area contributed by atoms with Crippen LogP contribution in [0.3, 0.4) is 0 Å². The van der Waals surface area contributed by atoms with Crippen LogP contribution in [0.1, 0.15) is 58.1 Å². The second-order valence-electron chi connectivity index (χ2n) is 9.45. The number of amides is 1. The fraction of sp³-hybridized carbons (Fsp3) is 0.652. The summed E-state index contributed by atoms with van der Waals surface area (Å²) in [6, 6.07) is 6.09. The molecule has 1 amide bonds. The molecular formula is C23H34N4O3. The van der Waals surface area contributed by atoms with Gasteiger partial charge in [-0.25, -0.2) is 4.98 Å². The maximum Gasteiger partial charge on any atom is 0.248 e. The Morgan fingerprint density at radius 1 is 1.27 bits per heavy atom. The predicted octanol–water partition coefficient (Wildman–Crippen LogP) is 3.45. The number of ether oxygens (including phenoxy) is 2. The van der Waals surface area contributed by atoms with E-state index in [4.69, 9.17) is 14.5 Å². The second kappa shape index (κ2) is 8.94. The van der Waals surface area contributed by atoms with Crippen LogP contribution in [0.2, 0.25) is 0 Å². The standard InChI is InChI=1S/C23H34N4O3/c1-23(2,3)25-22-21(24-19-8-4-5-11-27(19)22)17-9-12-26(13-10-17)20(28)16-29-15-18-7-6-14-30-18/h4-5,8,11,17-18,25H,6-7,9-10,12-16H2,1-3H3. The smallest absolute Gasteiger partial charge is 0.248 e. The van der Waals surface area contributed by atoms with E-state index < -0.39 is 0 Å². The first kappa shape index (κ1) is 21.1. The van der Waals surface area contributed by atoms with Crippen LogP contribution in [0.4, 0.5) is 5.82 Å². The number of imidazole rings is 1. The van der Waals surface area contributed by atoms with E-state index in [2.05, 4.69) is 36.7 Å². The molecule has 2 fully saturated rings. The van der Waals surface area contributed by atoms with Gasteiger partial charge in [-0.3, -0.25) is 9.20 Å². The normalized spacial score (nSPS) is 20.8. The highest BCUT2D eigenvalue weighted by atomic mass is 16.5. The van der Waals surface area contributed by atoms with E-state index in [-0.39, 0.29) is 24.2 Å². The summed E-state index contributed by atoms with van der Waals surface area (Å²) in [4.78, 5) is 19.4. The van der Waals surface area contributed by atoms with Crippen LogP contribution >= 0.6 is 0 Å². The van der Waals surface area contributed by atoms with Gasteiger partial charge in [0, 0.05) is 37.4 Å². The molecule has 0 radical (unpaired) electrons. The molecule has 4 rings (SSSR count). The number of aromatic nitrogens is 2. The SMILES string of the molecule is CC(C)(C)Nc1c(C2CCN(C(=O)COCC3CCCO3)CC2)nc2ccccn12. The van der Waals surface area contributed by atoms with Gasteiger partial charge < -0.3 is 19.7 Å². The molecule has 0 spiro atoms. The Hall–Kier alpha value is -2.12. The lowest BCUT2D eigenvalue weighted by atomic mass is 9.93. The molecule has 2 aliphatic heterocycles. The van der Waals surface area contributed by atoms with Crippen molar-refractivity contribution >= 4 is 17.4 Å². The van der Waals surface area contributed by atoms with Crippen molar-refractivity contribution in [1.29, 1.82) is 0 Å². The van der Waals surface area contributed by atoms with Crippen LogP contribution in [0.15, 0.2) is 24.4 Å². The quantitative estimate of drug-likeness (QED) is 0.784. The third kappa shape index (κ3) is 4.95. The number of likely N-dealkylation sites (tertiary alicyclic amines) is 1. The van der Waals surface area contributed by atoms with Gasteiger partial charge in [-0.1, -0.05) is 6.07 Å². The van der Waals surface area contributed by atoms with Crippen molar-refractivity contribution < 1.29 is 14.3 Å². The number of anilines is 1. The third-order valence-electron chi connectivity index (χ3n) is 5.84. The number of hydrogen-bond donors (Lipinski definition) is 1. The van der Waals surface area contributed by atoms with Gasteiger partial charge in [0.2, 0.25) is 5.91 Å². The molecule has 2 aromatic heterocycles. The van der Waals surface area contributed by atoms with Gasteiger partial charge in [0.15, 0.2) is 0 Å². The maximum atomic E-state index is 12.5. The van der Waals surface area contributed by atoms with Gasteiger partial charge in [0.25, 0.3) is 0 Å². The Balaban J connectivity index is 1.37. The number of pyridine rings is 1. The molecular weight excluding hydrogens is 380 g/mol. The summed E-state index contributed by atoms with van der Waals surface area (Å²) >= 11 is 0. The van der Waals surface area contributed by atoms with E-state index in [0.717, 1.165) is 62.5 Å². The molecule has 2 saturated heterocycles. The Morgan fingerprint density at radius 2 is 2.07 bits per heavy atom. The molecule has 1 unspecified atom stereocenters. The number of carbonyl (C=O) groups is 1. The zero-order valence-corrected chi connectivity index (χ0v) is 18.4. The number of hydrogen-bond acceptors (Lipinski definition) is 5. The van der Waals surface area contributed by atoms with Crippen molar-refractivity contribution in [3.05, 3.63) is 30.1 Å². The van der Waals surface area contributed by atoms with Crippen molar-refractivity contribution in [3.63, 3.8) is 0 Å². The van der Waals surface area contributed by atoms with Crippen molar-refractivity contribution in [3.8, 4) is 0 Å². The molecule has 0 aliphatic carbocycles. The van der Waals surface area contributed by atoms with Crippen molar-refractivity contribution in [2.45, 2.75) is 64.0 Å². The fourth-order valence-corrected chi connectivity index (χ4v) is 4.33. The van der Waals surface area contributed by atoms with Gasteiger partial charge in [0.05, 0.1) is 18.4 Å². The molecule has 2 aromatic rings. The van der Waals surface area contributed by atoms with Crippen LogP contribution < -0.4 is 5.32 Å². The van der Waals surface area contributed by atoms with Crippen LogP contribution in [-0.2, 0) is 14.3 Å². The lowest BCUT2D eigenvalue weighted by Gasteiger charge is -2.32. The van der Waals surface area contributed by atoms with E-state index >= 15 is 0 Å². The average Bonchev–Trinajstić information content (AvgIpc) is 3.35. The van der Waals surface area contributed by atoms with Crippen molar-refractivity contribution in [2.75, 3.05) is 38.2 Å². The minimum Gasteiger partial charge on any atom is -0.376 e. The van der Waals surface area contributed by atoms with Gasteiger partial charge in [0.1, 0.15) is 18.1 Å². The number of piperidine rings is 1. The minimum atomic E-state index is -0.0579. The highest BCUT2D eigenvalue weighted by Gasteiger charge is 2.29. The summed E-state index contributed by atoms with van der Waals surface area (Å²) in [7, 11) is 0. The topological polar surface area (TPSA) is 68.1 Å². The summed E-state index contributed by atoms with van der Waals surface area (Å²) in [5.41, 5.74) is 2.01. The summed E-state index contributed by atoms with van der Waals surface area (Å²) in [6.07, 6.45) is 6.17. The number of nitrogens with one attached hydrogen (secondary N) is 1. The Kier molecular flexibility index (Phi) is 6.29. The minimum absolute atomic E-state index is 0.0579. The van der Waals surface area contributed by atoms with Crippen LogP contribution in [0.5, 0.6) is 0 Å². The van der Waals surface area contributed by atoms with Crippen molar-refractivity contribution in [1.82, 2.24) is 14.3 Å². The molecule has 0 aromatic carbocycles. The lowest BCUT2D eigenvalue weighted by molar-refractivity contribution is -0.138. The number of nitrogens with zero attached hydrogens (tertiary/aromatic N) is 3. The second-order valence-corrected chi connectivity index (χ2v) is 9.45. The van der Waals surface area contributed by atoms with E-state index in [0.29, 0.717) is 12.5 Å². The van der Waals surface area contributed by atoms with E-state index in [1.54, 1.807) is 0 Å². The van der Waals surface area contributed by atoms with Gasteiger partial charge in [-0.2, -0.15) is 0 Å². The first-order valence-electron chi connectivity index (χ1n) is 11.1. The summed E-state index contributed by atoms with van der Waals surface area (Å²) < 4.78 is 13.3. The summed E-state index contributed by atoms with van der Waals surface area (Å²) in [5, 5.41) is 3.65. The molecule has 0 bridgehead atoms. The maximum absolute atomic E-state index is 12.5. The summed E-state index contributed by atoms with van der Waals surface area (Å²) in [5.74, 6) is 1.49. The molecule has 2 aliphatic rings. The van der Waals surface area contributed by atoms with Gasteiger partial charge in [-0.05, 0) is 58.6 Å². The van der Waals surface area contributed by atoms with E-state index in [9.17, 15) is 4.79 Å². The van der Waals surface area contributed by atoms with E-state index in [1.165, 1.54) is 0 Å². The van der Waals surface area contributed by atoms with Crippen LogP contribution in [0.25, 0.3) is 5.65 Å². The Bertz CT molecular complexity index is 859. The van der Waals surface area contributed by atoms with E-state index in [1.807, 2.05) is 23.1 Å². The van der Waals surface area contributed by atoms with Crippen LogP contribution in [-0.4, -0.2) is 64.7 Å². The highest BCUT2D eigenvalue weighted by Crippen LogP contribution is 2.34. The molecule has 4 heterocycles. The summed E-state index contributed by atoms with van der Waals surface area (Å²) in [6.45, 7) is 9.46. The molecule has 7 nitrogen and oxygen atoms in total. The third-order valence-corrected chi connectivity index (χ3v) is 5.84. The molecule has 7 heteroatoms. The van der Waals surface area contributed by atoms with Crippen LogP contribution in [0, 0.1) is 0 Å². The fourth-order valence-electron chi connectivity index (χ4n) is 4.33. The molecule has 1 atom stereocenters. The molecule has 0 saturated carbocycles. The average molecular weight is 415 g/mol. The number of carbonyl (C=O) groups excluding carboxylic acids is 1. The molecule has 1 N–H and O–H groups in total. The van der Waals surface area contributed by atoms with Gasteiger partial charge >= 0.3 is 0 Å². The molecule has 164 valence electrons. The largest absolute Gasteiger partial charge is 0.376 e. The number of rotatable bonds is 6. The zero-order chi connectivity index (χ0) is 21.1. The lowest BCUT2D eigenvalue weighted by Crippen LogP contribution is -2.40. The monoisotopic (exact) mass is 414 g/mol. The first-order chi connectivity index (χ1) is 14.4. The van der Waals surface area contributed by atoms with Gasteiger partial charge in [-0.15, -0.1) is 0 Å². The molecule has 30 heavy (non-hydrogen) atoms. The Labute approximate surface area is 178 Å². The van der Waals surface area contributed by atoms with Crippen molar-refractivity contribution in [2.24, 2.45) is 0 Å². The Morgan fingerprint density at radius 3 is 2.77 bits per heavy atom. The zero-order valence-electron chi connectivity index (χ0n) is 18.4.